The summed E-state index contributed by atoms with van der Waals surface area (Å²) in [7, 11) is 1.41. The third-order valence-corrected chi connectivity index (χ3v) is 3.92. The van der Waals surface area contributed by atoms with Crippen molar-refractivity contribution in [2.75, 3.05) is 7.11 Å². The van der Waals surface area contributed by atoms with E-state index in [-0.39, 0.29) is 27.9 Å². The van der Waals surface area contributed by atoms with Gasteiger partial charge in [0, 0.05) is 6.92 Å². The van der Waals surface area contributed by atoms with Crippen molar-refractivity contribution < 1.29 is 32.6 Å². The summed E-state index contributed by atoms with van der Waals surface area (Å²) >= 11 is 5.88. The van der Waals surface area contributed by atoms with E-state index in [1.807, 2.05) is 0 Å². The zero-order valence-electron chi connectivity index (χ0n) is 14.6. The van der Waals surface area contributed by atoms with Crippen LogP contribution in [0.2, 0.25) is 5.02 Å². The second kappa shape index (κ2) is 7.77. The Morgan fingerprint density at radius 2 is 1.89 bits per heavy atom. The lowest BCUT2D eigenvalue weighted by molar-refractivity contribution is -0.132. The molecule has 1 heterocycles. The highest BCUT2D eigenvalue weighted by Crippen LogP contribution is 2.30. The number of rotatable bonds is 4. The number of benzene rings is 2. The van der Waals surface area contributed by atoms with Gasteiger partial charge in [0.1, 0.15) is 0 Å². The van der Waals surface area contributed by atoms with Gasteiger partial charge in [0.05, 0.1) is 17.7 Å². The number of esters is 2. The summed E-state index contributed by atoms with van der Waals surface area (Å²) in [6, 6.07) is 6.17. The zero-order valence-corrected chi connectivity index (χ0v) is 15.3. The summed E-state index contributed by atoms with van der Waals surface area (Å²) in [6.45, 7) is 1.24. The molecule has 3 rings (SSSR count). The van der Waals surface area contributed by atoms with Crippen molar-refractivity contribution in [3.8, 4) is 11.5 Å². The van der Waals surface area contributed by atoms with Gasteiger partial charge >= 0.3 is 11.9 Å². The largest absolute Gasteiger partial charge is 0.493 e. The van der Waals surface area contributed by atoms with Gasteiger partial charge in [-0.05, 0) is 35.9 Å². The van der Waals surface area contributed by atoms with Crippen molar-refractivity contribution in [1.29, 1.82) is 0 Å². The molecule has 0 saturated heterocycles. The summed E-state index contributed by atoms with van der Waals surface area (Å²) in [6.07, 6.45) is 1.37. The molecular weight excluding hydrogens is 396 g/mol. The molecule has 2 aromatic carbocycles. The second-order valence-electron chi connectivity index (χ2n) is 5.59. The minimum Gasteiger partial charge on any atom is -0.493 e. The smallest absolute Gasteiger partial charge is 0.363 e. The average molecular weight is 408 g/mol. The molecular formula is C19H12ClF2NO5. The summed E-state index contributed by atoms with van der Waals surface area (Å²) in [5.74, 6) is -3.42. The molecule has 0 amide bonds. The molecule has 0 saturated carbocycles. The first-order valence-electron chi connectivity index (χ1n) is 7.82. The molecule has 0 aliphatic carbocycles. The van der Waals surface area contributed by atoms with Crippen LogP contribution in [0, 0.1) is 11.6 Å². The molecule has 28 heavy (non-hydrogen) atoms. The van der Waals surface area contributed by atoms with E-state index in [4.69, 9.17) is 25.8 Å². The van der Waals surface area contributed by atoms with Gasteiger partial charge in [-0.1, -0.05) is 17.7 Å². The molecule has 0 unspecified atom stereocenters. The molecule has 0 radical (unpaired) electrons. The molecule has 0 fully saturated rings. The van der Waals surface area contributed by atoms with Crippen LogP contribution in [0.5, 0.6) is 11.5 Å². The van der Waals surface area contributed by atoms with Crippen LogP contribution in [-0.2, 0) is 14.3 Å². The maximum Gasteiger partial charge on any atom is 0.363 e. The molecule has 0 spiro atoms. The minimum atomic E-state index is -1.16. The highest BCUT2D eigenvalue weighted by molar-refractivity contribution is 6.34. The van der Waals surface area contributed by atoms with E-state index in [1.165, 1.54) is 26.2 Å². The zero-order chi connectivity index (χ0) is 20.4. The van der Waals surface area contributed by atoms with E-state index in [2.05, 4.69) is 4.99 Å². The highest BCUT2D eigenvalue weighted by atomic mass is 35.5. The van der Waals surface area contributed by atoms with Crippen LogP contribution >= 0.6 is 11.6 Å². The first kappa shape index (κ1) is 19.5. The van der Waals surface area contributed by atoms with Gasteiger partial charge in [-0.2, -0.15) is 0 Å². The van der Waals surface area contributed by atoms with Crippen molar-refractivity contribution in [2.45, 2.75) is 6.92 Å². The van der Waals surface area contributed by atoms with E-state index >= 15 is 0 Å². The predicted molar refractivity (Wildman–Crippen MR) is 96.3 cm³/mol. The third kappa shape index (κ3) is 4.01. The molecule has 2 aromatic rings. The Labute approximate surface area is 163 Å². The van der Waals surface area contributed by atoms with Gasteiger partial charge in [0.25, 0.3) is 0 Å². The van der Waals surface area contributed by atoms with Crippen LogP contribution in [0.15, 0.2) is 41.0 Å². The van der Waals surface area contributed by atoms with Crippen molar-refractivity contribution >= 4 is 35.5 Å². The Kier molecular flexibility index (Phi) is 5.41. The Balaban J connectivity index is 1.98. The van der Waals surface area contributed by atoms with E-state index in [0.29, 0.717) is 11.3 Å². The van der Waals surface area contributed by atoms with Gasteiger partial charge in [0.15, 0.2) is 28.8 Å². The Morgan fingerprint density at radius 3 is 2.57 bits per heavy atom. The number of ether oxygens (including phenoxy) is 3. The number of carbonyl (C=O) groups excluding carboxylic acids is 2. The maximum absolute atomic E-state index is 13.5. The lowest BCUT2D eigenvalue weighted by Gasteiger charge is -2.08. The summed E-state index contributed by atoms with van der Waals surface area (Å²) in [5, 5.41) is -0.159. The summed E-state index contributed by atoms with van der Waals surface area (Å²) < 4.78 is 41.9. The standard InChI is InChI=1S/C19H12ClF2NO5/c1-9(24)27-17-6-10(3-4-16(17)26-2)5-15-19(25)28-18(23-15)11-7-13(21)14(22)8-12(11)20/h3-8H,1-2H3. The fourth-order valence-corrected chi connectivity index (χ4v) is 2.62. The molecule has 0 atom stereocenters. The number of cyclic esters (lactones) is 1. The van der Waals surface area contributed by atoms with Gasteiger partial charge in [-0.25, -0.2) is 18.6 Å². The van der Waals surface area contributed by atoms with Crippen LogP contribution in [-0.4, -0.2) is 24.9 Å². The topological polar surface area (TPSA) is 74.2 Å². The Bertz CT molecular complexity index is 1050. The number of nitrogens with zero attached hydrogens (tertiary/aromatic N) is 1. The predicted octanol–water partition coefficient (Wildman–Crippen LogP) is 3.90. The van der Waals surface area contributed by atoms with Crippen LogP contribution in [0.25, 0.3) is 6.08 Å². The fourth-order valence-electron chi connectivity index (χ4n) is 2.39. The normalized spacial score (nSPS) is 14.7. The lowest BCUT2D eigenvalue weighted by Crippen LogP contribution is -2.07. The molecule has 6 nitrogen and oxygen atoms in total. The minimum absolute atomic E-state index is 0.0624. The van der Waals surface area contributed by atoms with Gasteiger partial charge in [-0.15, -0.1) is 0 Å². The molecule has 0 N–H and O–H groups in total. The van der Waals surface area contributed by atoms with Gasteiger partial charge < -0.3 is 14.2 Å². The van der Waals surface area contributed by atoms with Crippen molar-refractivity contribution in [1.82, 2.24) is 0 Å². The Hall–Kier alpha value is -3.26. The van der Waals surface area contributed by atoms with E-state index in [0.717, 1.165) is 12.1 Å². The number of hydrogen-bond donors (Lipinski definition) is 0. The quantitative estimate of drug-likeness (QED) is 0.332. The van der Waals surface area contributed by atoms with Crippen LogP contribution in [0.1, 0.15) is 18.1 Å². The monoisotopic (exact) mass is 407 g/mol. The van der Waals surface area contributed by atoms with E-state index < -0.39 is 23.6 Å². The Morgan fingerprint density at radius 1 is 1.18 bits per heavy atom. The highest BCUT2D eigenvalue weighted by Gasteiger charge is 2.27. The number of carbonyl (C=O) groups is 2. The van der Waals surface area contributed by atoms with Crippen molar-refractivity contribution in [2.24, 2.45) is 4.99 Å². The van der Waals surface area contributed by atoms with Crippen molar-refractivity contribution in [3.63, 3.8) is 0 Å². The summed E-state index contributed by atoms with van der Waals surface area (Å²) in [4.78, 5) is 27.3. The fraction of sp³-hybridized carbons (Fsp3) is 0.105. The number of aliphatic imine (C=N–C) groups is 1. The molecule has 1 aliphatic rings. The van der Waals surface area contributed by atoms with Crippen molar-refractivity contribution in [3.05, 3.63) is 63.8 Å². The molecule has 0 aromatic heterocycles. The molecule has 9 heteroatoms. The van der Waals surface area contributed by atoms with Crippen LogP contribution in [0.3, 0.4) is 0 Å². The average Bonchev–Trinajstić information content (AvgIpc) is 2.98. The number of halogens is 3. The van der Waals surface area contributed by atoms with E-state index in [1.54, 1.807) is 12.1 Å². The third-order valence-electron chi connectivity index (χ3n) is 3.61. The number of hydrogen-bond acceptors (Lipinski definition) is 6. The summed E-state index contributed by atoms with van der Waals surface area (Å²) in [5.41, 5.74) is 0.299. The lowest BCUT2D eigenvalue weighted by atomic mass is 10.1. The number of methoxy groups -OCH3 is 1. The molecule has 1 aliphatic heterocycles. The SMILES string of the molecule is COc1ccc(C=C2N=C(c3cc(F)c(F)cc3Cl)OC2=O)cc1OC(C)=O. The van der Waals surface area contributed by atoms with Crippen LogP contribution < -0.4 is 9.47 Å². The van der Waals surface area contributed by atoms with Gasteiger partial charge in [0.2, 0.25) is 5.90 Å². The second-order valence-corrected chi connectivity index (χ2v) is 5.99. The van der Waals surface area contributed by atoms with Crippen LogP contribution in [0.4, 0.5) is 8.78 Å². The molecule has 144 valence electrons. The maximum atomic E-state index is 13.5. The van der Waals surface area contributed by atoms with Gasteiger partial charge in [-0.3, -0.25) is 4.79 Å². The van der Waals surface area contributed by atoms with E-state index in [9.17, 15) is 18.4 Å². The first-order valence-corrected chi connectivity index (χ1v) is 8.20. The first-order chi connectivity index (χ1) is 13.3. The molecule has 0 bridgehead atoms.